The van der Waals surface area contributed by atoms with Crippen molar-refractivity contribution in [3.8, 4) is 0 Å². The summed E-state index contributed by atoms with van der Waals surface area (Å²) in [5.74, 6) is 0. The molecule has 1 heterocycles. The van der Waals surface area contributed by atoms with E-state index in [1.165, 1.54) is 0 Å². The lowest BCUT2D eigenvalue weighted by Gasteiger charge is -2.30. The first-order chi connectivity index (χ1) is 8.17. The zero-order valence-corrected chi connectivity index (χ0v) is 10.2. The van der Waals surface area contributed by atoms with Crippen molar-refractivity contribution in [2.45, 2.75) is 25.6 Å². The number of piperidine rings is 1. The molecular weight excluding hydrogens is 217 g/mol. The number of alkyl halides is 1. The van der Waals surface area contributed by atoms with E-state index >= 15 is 0 Å². The lowest BCUT2D eigenvalue weighted by atomic mass is 10.0. The van der Waals surface area contributed by atoms with Gasteiger partial charge in [-0.05, 0) is 56.7 Å². The van der Waals surface area contributed by atoms with E-state index in [4.69, 9.17) is 5.73 Å². The molecule has 3 nitrogen and oxygen atoms in total. The van der Waals surface area contributed by atoms with Crippen LogP contribution in [0.3, 0.4) is 0 Å². The molecular formula is C13H20FN3. The molecule has 0 aliphatic carbocycles. The SMILES string of the molecule is CN1CCC(Nc2cc(N)cc(CF)c2)CC1. The van der Waals surface area contributed by atoms with E-state index in [1.54, 1.807) is 6.07 Å². The molecule has 1 aromatic carbocycles. The minimum Gasteiger partial charge on any atom is -0.399 e. The molecule has 4 heteroatoms. The van der Waals surface area contributed by atoms with Crippen LogP contribution in [-0.4, -0.2) is 31.1 Å². The summed E-state index contributed by atoms with van der Waals surface area (Å²) >= 11 is 0. The van der Waals surface area contributed by atoms with E-state index in [2.05, 4.69) is 17.3 Å². The Hall–Kier alpha value is -1.29. The molecule has 2 rings (SSSR count). The van der Waals surface area contributed by atoms with Gasteiger partial charge in [-0.1, -0.05) is 0 Å². The highest BCUT2D eigenvalue weighted by Crippen LogP contribution is 2.21. The summed E-state index contributed by atoms with van der Waals surface area (Å²) in [4.78, 5) is 2.32. The number of anilines is 2. The predicted octanol–water partition coefficient (Wildman–Crippen LogP) is 2.24. The second-order valence-electron chi connectivity index (χ2n) is 4.82. The zero-order valence-electron chi connectivity index (χ0n) is 10.2. The summed E-state index contributed by atoms with van der Waals surface area (Å²) in [5, 5.41) is 3.44. The molecule has 3 N–H and O–H groups in total. The molecule has 0 aromatic heterocycles. The van der Waals surface area contributed by atoms with Crippen LogP contribution in [0.2, 0.25) is 0 Å². The number of nitrogens with two attached hydrogens (primary N) is 1. The van der Waals surface area contributed by atoms with Crippen molar-refractivity contribution in [3.05, 3.63) is 23.8 Å². The summed E-state index contributed by atoms with van der Waals surface area (Å²) in [6, 6.07) is 5.87. The fourth-order valence-corrected chi connectivity index (χ4v) is 2.27. The number of benzene rings is 1. The maximum absolute atomic E-state index is 12.6. The van der Waals surface area contributed by atoms with Crippen molar-refractivity contribution < 1.29 is 4.39 Å². The molecule has 1 aliphatic rings. The average molecular weight is 237 g/mol. The van der Waals surface area contributed by atoms with Crippen LogP contribution in [0.1, 0.15) is 18.4 Å². The van der Waals surface area contributed by atoms with Gasteiger partial charge in [0.25, 0.3) is 0 Å². The third kappa shape index (κ3) is 3.33. The normalized spacial score (nSPS) is 18.2. The topological polar surface area (TPSA) is 41.3 Å². The van der Waals surface area contributed by atoms with Gasteiger partial charge in [0.1, 0.15) is 6.67 Å². The molecule has 1 aromatic rings. The van der Waals surface area contributed by atoms with Crippen molar-refractivity contribution >= 4 is 11.4 Å². The lowest BCUT2D eigenvalue weighted by Crippen LogP contribution is -2.36. The quantitative estimate of drug-likeness (QED) is 0.792. The number of nitrogens with one attached hydrogen (secondary N) is 1. The van der Waals surface area contributed by atoms with Crippen LogP contribution in [0.25, 0.3) is 0 Å². The number of nitrogens with zero attached hydrogens (tertiary/aromatic N) is 1. The first-order valence-corrected chi connectivity index (χ1v) is 6.08. The minimum absolute atomic E-state index is 0.465. The highest BCUT2D eigenvalue weighted by molar-refractivity contribution is 5.57. The summed E-state index contributed by atoms with van der Waals surface area (Å²) < 4.78 is 12.6. The maximum atomic E-state index is 12.6. The van der Waals surface area contributed by atoms with Gasteiger partial charge in [0.05, 0.1) is 0 Å². The van der Waals surface area contributed by atoms with E-state index in [1.807, 2.05) is 12.1 Å². The van der Waals surface area contributed by atoms with Gasteiger partial charge in [0.2, 0.25) is 0 Å². The Labute approximate surface area is 102 Å². The molecule has 1 fully saturated rings. The highest BCUT2D eigenvalue weighted by atomic mass is 19.1. The van der Waals surface area contributed by atoms with Gasteiger partial charge in [-0.2, -0.15) is 0 Å². The third-order valence-electron chi connectivity index (χ3n) is 3.26. The van der Waals surface area contributed by atoms with Gasteiger partial charge in [-0.3, -0.25) is 0 Å². The number of hydrogen-bond acceptors (Lipinski definition) is 3. The molecule has 17 heavy (non-hydrogen) atoms. The molecule has 94 valence electrons. The van der Waals surface area contributed by atoms with Crippen LogP contribution in [0, 0.1) is 0 Å². The van der Waals surface area contributed by atoms with Crippen molar-refractivity contribution in [2.75, 3.05) is 31.2 Å². The fraction of sp³-hybridized carbons (Fsp3) is 0.538. The van der Waals surface area contributed by atoms with Crippen molar-refractivity contribution in [1.29, 1.82) is 0 Å². The van der Waals surface area contributed by atoms with E-state index in [-0.39, 0.29) is 0 Å². The molecule has 1 saturated heterocycles. The average Bonchev–Trinajstić information content (AvgIpc) is 2.31. The Morgan fingerprint density at radius 3 is 2.71 bits per heavy atom. The van der Waals surface area contributed by atoms with Crippen LogP contribution < -0.4 is 11.1 Å². The van der Waals surface area contributed by atoms with Crippen molar-refractivity contribution in [3.63, 3.8) is 0 Å². The second-order valence-corrected chi connectivity index (χ2v) is 4.82. The number of nitrogen functional groups attached to an aromatic ring is 1. The number of halogens is 1. The van der Waals surface area contributed by atoms with Crippen LogP contribution in [0.4, 0.5) is 15.8 Å². The van der Waals surface area contributed by atoms with Crippen molar-refractivity contribution in [2.24, 2.45) is 0 Å². The Morgan fingerprint density at radius 1 is 1.35 bits per heavy atom. The zero-order chi connectivity index (χ0) is 12.3. The highest BCUT2D eigenvalue weighted by Gasteiger charge is 2.16. The first kappa shape index (κ1) is 12.2. The third-order valence-corrected chi connectivity index (χ3v) is 3.26. The van der Waals surface area contributed by atoms with E-state index in [0.29, 0.717) is 17.3 Å². The van der Waals surface area contributed by atoms with Gasteiger partial charge in [0, 0.05) is 17.4 Å². The van der Waals surface area contributed by atoms with E-state index in [0.717, 1.165) is 31.6 Å². The standard InChI is InChI=1S/C13H20FN3/c1-17-4-2-12(3-5-17)16-13-7-10(9-14)6-11(15)8-13/h6-8,12,16H,2-5,9,15H2,1H3. The molecule has 0 saturated carbocycles. The molecule has 0 amide bonds. The molecule has 0 radical (unpaired) electrons. The van der Waals surface area contributed by atoms with E-state index < -0.39 is 6.67 Å². The largest absolute Gasteiger partial charge is 0.399 e. The maximum Gasteiger partial charge on any atom is 0.115 e. The van der Waals surface area contributed by atoms with Crippen molar-refractivity contribution in [1.82, 2.24) is 4.90 Å². The number of rotatable bonds is 3. The molecule has 1 aliphatic heterocycles. The summed E-state index contributed by atoms with van der Waals surface area (Å²) in [6.45, 7) is 1.75. The van der Waals surface area contributed by atoms with Gasteiger partial charge < -0.3 is 16.0 Å². The fourth-order valence-electron chi connectivity index (χ4n) is 2.27. The first-order valence-electron chi connectivity index (χ1n) is 6.08. The van der Waals surface area contributed by atoms with Gasteiger partial charge >= 0.3 is 0 Å². The van der Waals surface area contributed by atoms with Crippen LogP contribution in [-0.2, 0) is 6.67 Å². The monoisotopic (exact) mass is 237 g/mol. The summed E-state index contributed by atoms with van der Waals surface area (Å²) in [5.41, 5.74) is 7.94. The Bertz CT molecular complexity index is 373. The molecule has 0 spiro atoms. The summed E-state index contributed by atoms with van der Waals surface area (Å²) in [6.07, 6.45) is 2.24. The molecule has 0 bridgehead atoms. The summed E-state index contributed by atoms with van der Waals surface area (Å²) in [7, 11) is 2.14. The lowest BCUT2D eigenvalue weighted by molar-refractivity contribution is 0.264. The second kappa shape index (κ2) is 5.36. The number of likely N-dealkylation sites (tertiary alicyclic amines) is 1. The Morgan fingerprint density at radius 2 is 2.06 bits per heavy atom. The molecule has 0 unspecified atom stereocenters. The van der Waals surface area contributed by atoms with E-state index in [9.17, 15) is 4.39 Å². The van der Waals surface area contributed by atoms with Gasteiger partial charge in [-0.15, -0.1) is 0 Å². The van der Waals surface area contributed by atoms with Crippen LogP contribution in [0.15, 0.2) is 18.2 Å². The Kier molecular flexibility index (Phi) is 3.84. The number of hydrogen-bond donors (Lipinski definition) is 2. The minimum atomic E-state index is -0.465. The predicted molar refractivity (Wildman–Crippen MR) is 69.8 cm³/mol. The van der Waals surface area contributed by atoms with Gasteiger partial charge in [-0.25, -0.2) is 4.39 Å². The van der Waals surface area contributed by atoms with Gasteiger partial charge in [0.15, 0.2) is 0 Å². The smallest absolute Gasteiger partial charge is 0.115 e. The van der Waals surface area contributed by atoms with Crippen LogP contribution >= 0.6 is 0 Å². The molecule has 0 atom stereocenters. The van der Waals surface area contributed by atoms with Crippen LogP contribution in [0.5, 0.6) is 0 Å². The Balaban J connectivity index is 2.00.